The number of rotatable bonds is 12. The lowest BCUT2D eigenvalue weighted by Gasteiger charge is -2.05. The first-order valence-electron chi connectivity index (χ1n) is 21.6. The van der Waals surface area contributed by atoms with Crippen LogP contribution in [-0.2, 0) is 9.47 Å². The molecule has 14 nitrogen and oxygen atoms in total. The van der Waals surface area contributed by atoms with Crippen LogP contribution < -0.4 is 9.47 Å². The third kappa shape index (κ3) is 12.3. The predicted molar refractivity (Wildman–Crippen MR) is 260 cm³/mol. The number of aromatic hydroxyl groups is 2. The standard InChI is InChI=1S/C15H11NOS.C14H14O4.C13H12O4.C11H10N2O2/c17-13-7-3-1-5-11(13)9-10-15-16-12-6-2-4-8-14(12)18-15;1-8-13-11(17-7-10-6-16-10)4-3-5-12(13)18-14(8)9(2)15;1-8(14)13-5-10-11(16-7-9-6-15-9)3-2-4-12(10)17-13;1-8-12-11(15-13-8)7-6-9-4-2-3-5-10(9)14/h1-10,17H;3-5,10H,6-7H2,1-2H3;2-5,9H,6-7H2,1H3;2-7,14H,1H3/b10-9+;;;7-6+/t;10-;9-;/m.00./s1. The average molecular weight is 934 g/mol. The maximum Gasteiger partial charge on any atom is 0.250 e. The van der Waals surface area contributed by atoms with Gasteiger partial charge in [0.1, 0.15) is 64.6 Å². The van der Waals surface area contributed by atoms with Crippen molar-refractivity contribution >= 4 is 79.4 Å². The Hall–Kier alpha value is -7.85. The van der Waals surface area contributed by atoms with Gasteiger partial charge < -0.3 is 42.5 Å². The first kappa shape index (κ1) is 46.7. The fourth-order valence-corrected chi connectivity index (χ4v) is 7.54. The van der Waals surface area contributed by atoms with E-state index >= 15 is 0 Å². The Morgan fingerprint density at radius 1 is 0.691 bits per heavy atom. The van der Waals surface area contributed by atoms with Gasteiger partial charge in [-0.2, -0.15) is 4.98 Å². The second kappa shape index (κ2) is 21.6. The number of para-hydroxylation sites is 3. The highest BCUT2D eigenvalue weighted by molar-refractivity contribution is 7.19. The number of phenolic OH excluding ortho intramolecular Hbond substituents is 2. The second-order valence-electron chi connectivity index (χ2n) is 15.6. The van der Waals surface area contributed by atoms with Crippen LogP contribution in [0.3, 0.4) is 0 Å². The van der Waals surface area contributed by atoms with E-state index < -0.39 is 0 Å². The number of hydrogen-bond donors (Lipinski definition) is 2. The quantitative estimate of drug-likeness (QED) is 0.0867. The smallest absolute Gasteiger partial charge is 0.250 e. The summed E-state index contributed by atoms with van der Waals surface area (Å²) in [7, 11) is 0. The summed E-state index contributed by atoms with van der Waals surface area (Å²) in [6.07, 6.45) is 7.62. The minimum atomic E-state index is -0.0855. The number of carbonyl (C=O) groups excluding carboxylic acids is 2. The van der Waals surface area contributed by atoms with Gasteiger partial charge in [0, 0.05) is 36.6 Å². The number of ether oxygens (including phenoxy) is 4. The molecule has 11 rings (SSSR count). The number of carbonyl (C=O) groups is 2. The van der Waals surface area contributed by atoms with Crippen LogP contribution in [0.25, 0.3) is 56.5 Å². The molecule has 0 amide bonds. The Bertz CT molecular complexity index is 3210. The maximum atomic E-state index is 11.5. The van der Waals surface area contributed by atoms with Gasteiger partial charge in [-0.05, 0) is 86.7 Å². The zero-order valence-corrected chi connectivity index (χ0v) is 38.4. The molecule has 0 saturated carbocycles. The van der Waals surface area contributed by atoms with Crippen molar-refractivity contribution in [2.45, 2.75) is 39.9 Å². The lowest BCUT2D eigenvalue weighted by molar-refractivity contribution is 0.0981. The summed E-state index contributed by atoms with van der Waals surface area (Å²) in [5, 5.41) is 25.4. The molecular formula is C53H47N3O11S. The molecule has 2 saturated heterocycles. The molecule has 2 aliphatic heterocycles. The summed E-state index contributed by atoms with van der Waals surface area (Å²) in [6.45, 7) is 9.22. The van der Waals surface area contributed by atoms with Gasteiger partial charge in [0.15, 0.2) is 28.9 Å². The molecule has 5 aromatic carbocycles. The van der Waals surface area contributed by atoms with E-state index in [4.69, 9.17) is 32.3 Å². The number of aromatic nitrogens is 3. The highest BCUT2D eigenvalue weighted by atomic mass is 32.1. The molecule has 2 aliphatic rings. The molecule has 4 aromatic heterocycles. The molecule has 2 fully saturated rings. The van der Waals surface area contributed by atoms with Gasteiger partial charge in [0.25, 0.3) is 5.89 Å². The minimum Gasteiger partial charge on any atom is -0.507 e. The number of aryl methyl sites for hydroxylation is 2. The number of ketones is 2. The maximum absolute atomic E-state index is 11.5. The van der Waals surface area contributed by atoms with Gasteiger partial charge >= 0.3 is 0 Å². The average Bonchev–Trinajstić information content (AvgIpc) is 4.16. The van der Waals surface area contributed by atoms with E-state index in [9.17, 15) is 19.8 Å². The minimum absolute atomic E-state index is 0.0693. The summed E-state index contributed by atoms with van der Waals surface area (Å²) in [6, 6.07) is 35.2. The highest BCUT2D eigenvalue weighted by Crippen LogP contribution is 2.34. The summed E-state index contributed by atoms with van der Waals surface area (Å²) in [5.74, 6) is 3.62. The fraction of sp³-hybridized carbons (Fsp3) is 0.189. The molecule has 0 spiro atoms. The number of hydrogen-bond acceptors (Lipinski definition) is 15. The van der Waals surface area contributed by atoms with Crippen LogP contribution in [-0.4, -0.2) is 75.5 Å². The van der Waals surface area contributed by atoms with Crippen LogP contribution >= 0.6 is 11.3 Å². The number of benzene rings is 5. The normalized spacial score (nSPS) is 14.8. The third-order valence-corrected chi connectivity index (χ3v) is 11.3. The fourth-order valence-electron chi connectivity index (χ4n) is 6.67. The summed E-state index contributed by atoms with van der Waals surface area (Å²) in [4.78, 5) is 31.2. The Balaban J connectivity index is 0.000000123. The second-order valence-corrected chi connectivity index (χ2v) is 16.7. The monoisotopic (exact) mass is 933 g/mol. The number of Topliss-reactive ketones (excluding diaryl/α,β-unsaturated/α-hetero) is 2. The molecule has 0 aliphatic carbocycles. The van der Waals surface area contributed by atoms with Crippen molar-refractivity contribution in [2.75, 3.05) is 26.4 Å². The van der Waals surface area contributed by atoms with Gasteiger partial charge in [-0.25, -0.2) is 4.98 Å². The van der Waals surface area contributed by atoms with Crippen molar-refractivity contribution in [3.8, 4) is 23.0 Å². The summed E-state index contributed by atoms with van der Waals surface area (Å²) in [5.41, 5.74) is 4.73. The first-order valence-corrected chi connectivity index (χ1v) is 22.4. The zero-order chi connectivity index (χ0) is 47.6. The van der Waals surface area contributed by atoms with Gasteiger partial charge in [0.2, 0.25) is 0 Å². The predicted octanol–water partition coefficient (Wildman–Crippen LogP) is 11.6. The van der Waals surface area contributed by atoms with Crippen LogP contribution in [0.15, 0.2) is 129 Å². The number of epoxide rings is 2. The number of furan rings is 2. The van der Waals surface area contributed by atoms with Gasteiger partial charge in [-0.3, -0.25) is 9.59 Å². The Morgan fingerprint density at radius 2 is 1.29 bits per heavy atom. The van der Waals surface area contributed by atoms with Crippen LogP contribution in [0.4, 0.5) is 0 Å². The summed E-state index contributed by atoms with van der Waals surface area (Å²) < 4.78 is 38.6. The van der Waals surface area contributed by atoms with Crippen molar-refractivity contribution in [3.05, 3.63) is 160 Å². The van der Waals surface area contributed by atoms with E-state index in [1.807, 2.05) is 97.9 Å². The number of thiazole rings is 1. The van der Waals surface area contributed by atoms with Crippen molar-refractivity contribution in [1.29, 1.82) is 0 Å². The zero-order valence-electron chi connectivity index (χ0n) is 37.6. The van der Waals surface area contributed by atoms with Crippen molar-refractivity contribution in [3.63, 3.8) is 0 Å². The number of fused-ring (bicyclic) bond motifs is 3. The molecule has 0 radical (unpaired) electrons. The number of nitrogens with zero attached hydrogens (tertiary/aromatic N) is 3. The van der Waals surface area contributed by atoms with Crippen LogP contribution in [0.1, 0.15) is 68.4 Å². The van der Waals surface area contributed by atoms with Crippen molar-refractivity contribution in [1.82, 2.24) is 15.1 Å². The van der Waals surface area contributed by atoms with Crippen molar-refractivity contribution < 1.29 is 52.1 Å². The van der Waals surface area contributed by atoms with E-state index in [0.29, 0.717) is 53.2 Å². The van der Waals surface area contributed by atoms with E-state index in [1.54, 1.807) is 60.7 Å². The molecule has 9 aromatic rings. The van der Waals surface area contributed by atoms with Crippen LogP contribution in [0.2, 0.25) is 0 Å². The van der Waals surface area contributed by atoms with E-state index in [1.165, 1.54) is 18.5 Å². The van der Waals surface area contributed by atoms with Crippen LogP contribution in [0.5, 0.6) is 23.0 Å². The molecule has 346 valence electrons. The number of phenols is 2. The van der Waals surface area contributed by atoms with Crippen molar-refractivity contribution in [2.24, 2.45) is 0 Å². The first-order chi connectivity index (χ1) is 33.0. The van der Waals surface area contributed by atoms with E-state index in [0.717, 1.165) is 57.1 Å². The molecule has 0 bridgehead atoms. The molecule has 0 unspecified atom stereocenters. The summed E-state index contributed by atoms with van der Waals surface area (Å²) >= 11 is 1.64. The van der Waals surface area contributed by atoms with Crippen LogP contribution in [0, 0.1) is 13.8 Å². The Kier molecular flexibility index (Phi) is 14.8. The lowest BCUT2D eigenvalue weighted by Crippen LogP contribution is -2.04. The molecule has 2 atom stereocenters. The van der Waals surface area contributed by atoms with Gasteiger partial charge in [-0.1, -0.05) is 65.8 Å². The molecular weight excluding hydrogens is 887 g/mol. The van der Waals surface area contributed by atoms with E-state index in [-0.39, 0.29) is 35.3 Å². The van der Waals surface area contributed by atoms with Gasteiger partial charge in [-0.15, -0.1) is 11.3 Å². The topological polar surface area (TPSA) is 196 Å². The largest absolute Gasteiger partial charge is 0.507 e. The third-order valence-electron chi connectivity index (χ3n) is 10.3. The lowest BCUT2D eigenvalue weighted by atomic mass is 10.1. The highest BCUT2D eigenvalue weighted by Gasteiger charge is 2.25. The Labute approximate surface area is 394 Å². The molecule has 2 N–H and O–H groups in total. The molecule has 68 heavy (non-hydrogen) atoms. The SMILES string of the molecule is CC(=O)c1cc2c(OC[C@@H]3CO3)cccc2o1.CC(=O)c1oc2cccc(OC[C@@H]3CO3)c2c1C.Cc1noc(/C=C/c2ccccc2O)n1.Oc1ccccc1/C=C/c1nc2ccccc2s1. The van der Waals surface area contributed by atoms with Gasteiger partial charge in [0.05, 0.1) is 34.2 Å². The van der Waals surface area contributed by atoms with E-state index in [2.05, 4.69) is 21.2 Å². The molecule has 6 heterocycles. The molecule has 15 heteroatoms. The Morgan fingerprint density at radius 3 is 1.90 bits per heavy atom.